The van der Waals surface area contributed by atoms with Crippen molar-refractivity contribution >= 4 is 16.1 Å². The molecular formula is C20H34Cl2HfSi2. The molecule has 0 heterocycles. The largest absolute Gasteiger partial charge is 1.00 e. The Morgan fingerprint density at radius 1 is 0.720 bits per heavy atom. The van der Waals surface area contributed by atoms with Gasteiger partial charge in [0.1, 0.15) is 0 Å². The first-order valence-electron chi connectivity index (χ1n) is 9.18. The summed E-state index contributed by atoms with van der Waals surface area (Å²) in [6, 6.07) is 2.92. The fraction of sp³-hybridized carbons (Fsp3) is 0.600. The molecule has 2 aliphatic carbocycles. The van der Waals surface area contributed by atoms with Gasteiger partial charge in [-0.1, -0.05) is 0 Å². The number of halogens is 2. The van der Waals surface area contributed by atoms with Crippen LogP contribution in [-0.4, -0.2) is 16.1 Å². The van der Waals surface area contributed by atoms with Crippen molar-refractivity contribution in [3.05, 3.63) is 42.1 Å². The molecule has 140 valence electrons. The summed E-state index contributed by atoms with van der Waals surface area (Å²) in [7, 11) is -1.82. The third kappa shape index (κ3) is 9.55. The van der Waals surface area contributed by atoms with E-state index in [1.54, 1.807) is 11.1 Å². The molecule has 5 heteroatoms. The van der Waals surface area contributed by atoms with Gasteiger partial charge in [-0.15, -0.1) is 0 Å². The number of allylic oxidation sites excluding steroid dienone is 8. The molecule has 25 heavy (non-hydrogen) atoms. The van der Waals surface area contributed by atoms with Gasteiger partial charge in [-0.2, -0.15) is 0 Å². The zero-order chi connectivity index (χ0) is 17.1. The van der Waals surface area contributed by atoms with E-state index in [1.807, 2.05) is 6.66 Å². The van der Waals surface area contributed by atoms with Crippen LogP contribution in [0, 0.1) is 0 Å². The molecule has 2 aliphatic rings. The molecular weight excluding hydrogens is 546 g/mol. The molecule has 0 aromatic carbocycles. The van der Waals surface area contributed by atoms with Crippen molar-refractivity contribution in [3.63, 3.8) is 0 Å². The minimum Gasteiger partial charge on any atom is -1.00 e. The minimum atomic E-state index is -0.912. The molecule has 0 bridgehead atoms. The molecule has 0 radical (unpaired) electrons. The second-order valence-corrected chi connectivity index (χ2v) is 25.9. The quantitative estimate of drug-likeness (QED) is 0.376. The zero-order valence-electron chi connectivity index (χ0n) is 16.8. The maximum absolute atomic E-state index is 2.51. The zero-order valence-corrected chi connectivity index (χ0v) is 23.9. The standard InChI is InChI=1S/2C10H17Si.2ClH.Hf/c2*1-11(2,3)9-8-10-6-4-5-7-10;;;/h2*4,6H,5,8-9H2,1-3H3;2*1H;/q;;;;+2/p-2. The van der Waals surface area contributed by atoms with Gasteiger partial charge in [0.05, 0.1) is 0 Å². The van der Waals surface area contributed by atoms with Crippen LogP contribution < -0.4 is 24.8 Å². The Morgan fingerprint density at radius 2 is 1.08 bits per heavy atom. The fourth-order valence-corrected chi connectivity index (χ4v) is 10.6. The first-order chi connectivity index (χ1) is 10.6. The molecule has 0 amide bonds. The molecule has 2 rings (SSSR count). The van der Waals surface area contributed by atoms with E-state index in [9.17, 15) is 0 Å². The second kappa shape index (κ2) is 11.0. The minimum absolute atomic E-state index is 0. The van der Waals surface area contributed by atoms with Crippen molar-refractivity contribution in [1.29, 1.82) is 0 Å². The molecule has 0 unspecified atom stereocenters. The van der Waals surface area contributed by atoms with E-state index in [2.05, 4.69) is 63.6 Å². The van der Waals surface area contributed by atoms with E-state index < -0.39 is 39.1 Å². The molecule has 0 N–H and O–H groups in total. The van der Waals surface area contributed by atoms with Gasteiger partial charge in [0, 0.05) is 0 Å². The third-order valence-corrected chi connectivity index (χ3v) is 14.1. The fourth-order valence-electron chi connectivity index (χ4n) is 3.03. The van der Waals surface area contributed by atoms with E-state index in [1.165, 1.54) is 37.8 Å². The number of hydrogen-bond acceptors (Lipinski definition) is 0. The first kappa shape index (κ1) is 25.8. The summed E-state index contributed by atoms with van der Waals surface area (Å²) < 4.78 is 3.82. The van der Waals surface area contributed by atoms with Crippen molar-refractivity contribution < 1.29 is 47.7 Å². The Morgan fingerprint density at radius 3 is 1.40 bits per heavy atom. The van der Waals surface area contributed by atoms with Gasteiger partial charge in [-0.05, 0) is 0 Å². The van der Waals surface area contributed by atoms with Crippen molar-refractivity contribution in [2.45, 2.75) is 77.1 Å². The predicted molar refractivity (Wildman–Crippen MR) is 107 cm³/mol. The maximum Gasteiger partial charge on any atom is -1.00 e. The molecule has 0 spiro atoms. The topological polar surface area (TPSA) is 0 Å². The summed E-state index contributed by atoms with van der Waals surface area (Å²) in [6.07, 6.45) is 15.1. The Balaban J connectivity index is 0.00000288. The van der Waals surface area contributed by atoms with Crippen LogP contribution in [0.2, 0.25) is 51.4 Å². The molecule has 0 saturated carbocycles. The summed E-state index contributed by atoms with van der Waals surface area (Å²) in [5, 5.41) is 0. The Hall–Kier alpha value is 0.844. The van der Waals surface area contributed by atoms with Crippen LogP contribution in [0.4, 0.5) is 0 Å². The van der Waals surface area contributed by atoms with Gasteiger partial charge in [0.25, 0.3) is 0 Å². The normalized spacial score (nSPS) is 16.9. The van der Waals surface area contributed by atoms with Gasteiger partial charge in [-0.25, -0.2) is 0 Å². The molecule has 0 nitrogen and oxygen atoms in total. The third-order valence-electron chi connectivity index (χ3n) is 4.65. The average molecular weight is 580 g/mol. The Bertz CT molecular complexity index is 511. The van der Waals surface area contributed by atoms with E-state index in [0.29, 0.717) is 0 Å². The van der Waals surface area contributed by atoms with Gasteiger partial charge >= 0.3 is 158 Å². The van der Waals surface area contributed by atoms with Gasteiger partial charge in [0.15, 0.2) is 0 Å². The summed E-state index contributed by atoms with van der Waals surface area (Å²) in [6.45, 7) is 15.0. The number of rotatable bonds is 8. The maximum atomic E-state index is 2.51. The molecule has 0 saturated heterocycles. The summed E-state index contributed by atoms with van der Waals surface area (Å²) in [5.74, 6) is 0. The SMILES string of the molecule is C[Si](C)(C)CCC1=[C]([Hf+2][C]2=C(CC[Si](C)(C)C)C=CC2)CC=C1.[Cl-].[Cl-]. The van der Waals surface area contributed by atoms with Crippen LogP contribution in [-0.2, 0) is 22.9 Å². The molecule has 0 fully saturated rings. The average Bonchev–Trinajstić information content (AvgIpc) is 3.02. The summed E-state index contributed by atoms with van der Waals surface area (Å²) in [4.78, 5) is 0. The predicted octanol–water partition coefficient (Wildman–Crippen LogP) is 0.962. The van der Waals surface area contributed by atoms with Crippen molar-refractivity contribution in [2.75, 3.05) is 0 Å². The Labute approximate surface area is 181 Å². The van der Waals surface area contributed by atoms with Crippen molar-refractivity contribution in [1.82, 2.24) is 0 Å². The first-order valence-corrected chi connectivity index (χ1v) is 20.2. The van der Waals surface area contributed by atoms with Crippen LogP contribution in [0.1, 0.15) is 25.7 Å². The van der Waals surface area contributed by atoms with Crippen LogP contribution in [0.5, 0.6) is 0 Å². The summed E-state index contributed by atoms with van der Waals surface area (Å²) >= 11 is -0.767. The van der Waals surface area contributed by atoms with Crippen molar-refractivity contribution in [2.24, 2.45) is 0 Å². The second-order valence-electron chi connectivity index (χ2n) is 9.47. The number of hydrogen-bond donors (Lipinski definition) is 0. The van der Waals surface area contributed by atoms with Gasteiger partial charge in [-0.3, -0.25) is 0 Å². The molecule has 0 aromatic rings. The Kier molecular flexibility index (Phi) is 11.4. The van der Waals surface area contributed by atoms with E-state index in [-0.39, 0.29) is 24.8 Å². The van der Waals surface area contributed by atoms with Gasteiger partial charge in [0.2, 0.25) is 0 Å². The van der Waals surface area contributed by atoms with Crippen LogP contribution >= 0.6 is 0 Å². The molecule has 0 aliphatic heterocycles. The molecule has 0 atom stereocenters. The van der Waals surface area contributed by atoms with E-state index in [0.717, 1.165) is 0 Å². The van der Waals surface area contributed by atoms with Crippen LogP contribution in [0.15, 0.2) is 42.1 Å². The van der Waals surface area contributed by atoms with Crippen LogP contribution in [0.25, 0.3) is 0 Å². The molecule has 0 aromatic heterocycles. The van der Waals surface area contributed by atoms with Crippen LogP contribution in [0.3, 0.4) is 0 Å². The monoisotopic (exact) mass is 580 g/mol. The van der Waals surface area contributed by atoms with E-state index in [4.69, 9.17) is 0 Å². The smallest absolute Gasteiger partial charge is 1.00 e. The summed E-state index contributed by atoms with van der Waals surface area (Å²) in [5.41, 5.74) is 3.50. The van der Waals surface area contributed by atoms with E-state index >= 15 is 0 Å². The van der Waals surface area contributed by atoms with Gasteiger partial charge < -0.3 is 24.8 Å². The van der Waals surface area contributed by atoms with Crippen molar-refractivity contribution in [3.8, 4) is 0 Å².